The van der Waals surface area contributed by atoms with Crippen molar-refractivity contribution in [3.05, 3.63) is 167 Å². The molecular weight excluding hydrogens is 532 g/mol. The Labute approximate surface area is 262 Å². The molecule has 0 saturated heterocycles. The maximum atomic E-state index is 2.38. The van der Waals surface area contributed by atoms with Crippen LogP contribution in [-0.2, 0) is 0 Å². The molecule has 218 valence electrons. The molecule has 0 aliphatic carbocycles. The van der Waals surface area contributed by atoms with Gasteiger partial charge in [0.25, 0.3) is 0 Å². The second-order valence-corrected chi connectivity index (χ2v) is 12.0. The van der Waals surface area contributed by atoms with Gasteiger partial charge in [-0.25, -0.2) is 0 Å². The van der Waals surface area contributed by atoms with Crippen molar-refractivity contribution in [2.45, 2.75) is 41.5 Å². The maximum Gasteiger partial charge on any atom is 0.0488 e. The highest BCUT2D eigenvalue weighted by atomic mass is 15.2. The van der Waals surface area contributed by atoms with Crippen LogP contribution < -0.4 is 9.80 Å². The first-order chi connectivity index (χ1) is 21.3. The second-order valence-electron chi connectivity index (χ2n) is 12.0. The minimum Gasteiger partial charge on any atom is -0.310 e. The summed E-state index contributed by atoms with van der Waals surface area (Å²) in [5.41, 5.74) is 16.7. The van der Waals surface area contributed by atoms with E-state index < -0.39 is 0 Å². The van der Waals surface area contributed by atoms with Gasteiger partial charge in [-0.1, -0.05) is 77.9 Å². The van der Waals surface area contributed by atoms with Crippen LogP contribution in [0.4, 0.5) is 34.1 Å². The van der Waals surface area contributed by atoms with Crippen LogP contribution in [-0.4, -0.2) is 0 Å². The number of benzene rings is 6. The zero-order valence-corrected chi connectivity index (χ0v) is 26.6. The number of hydrogen-bond donors (Lipinski definition) is 0. The van der Waals surface area contributed by atoms with Crippen molar-refractivity contribution in [1.82, 2.24) is 0 Å². The monoisotopic (exact) mass is 572 g/mol. The normalized spacial score (nSPS) is 11.0. The van der Waals surface area contributed by atoms with E-state index in [2.05, 4.69) is 185 Å². The van der Waals surface area contributed by atoms with Gasteiger partial charge in [0.1, 0.15) is 0 Å². The van der Waals surface area contributed by atoms with E-state index in [1.165, 1.54) is 44.5 Å². The predicted octanol–water partition coefficient (Wildman–Crippen LogP) is 12.1. The Morgan fingerprint density at radius 2 is 0.705 bits per heavy atom. The van der Waals surface area contributed by atoms with Gasteiger partial charge in [-0.3, -0.25) is 0 Å². The highest BCUT2D eigenvalue weighted by Crippen LogP contribution is 2.43. The van der Waals surface area contributed by atoms with Crippen LogP contribution >= 0.6 is 0 Å². The summed E-state index contributed by atoms with van der Waals surface area (Å²) < 4.78 is 0. The third kappa shape index (κ3) is 6.02. The first-order valence-electron chi connectivity index (χ1n) is 15.4. The summed E-state index contributed by atoms with van der Waals surface area (Å²) >= 11 is 0. The van der Waals surface area contributed by atoms with Gasteiger partial charge in [0.15, 0.2) is 0 Å². The quantitative estimate of drug-likeness (QED) is 0.188. The number of aryl methyl sites for hydroxylation is 6. The SMILES string of the molecule is Cc1ccc(N(c2cc(-c3ccccc3)cc(N(c3ccc(C)cc3)c3ccc(C)c(C)c3)c2)c2ccc(C)c(C)c2)cc1. The molecule has 0 amide bonds. The molecule has 6 aromatic rings. The summed E-state index contributed by atoms with van der Waals surface area (Å²) in [4.78, 5) is 4.77. The largest absolute Gasteiger partial charge is 0.310 e. The third-order valence-corrected chi connectivity index (χ3v) is 8.61. The van der Waals surface area contributed by atoms with Crippen LogP contribution in [0.5, 0.6) is 0 Å². The molecule has 6 rings (SSSR count). The molecule has 0 saturated carbocycles. The molecule has 0 fully saturated rings. The summed E-state index contributed by atoms with van der Waals surface area (Å²) in [7, 11) is 0. The van der Waals surface area contributed by atoms with Crippen molar-refractivity contribution < 1.29 is 0 Å². The van der Waals surface area contributed by atoms with Crippen LogP contribution in [0.15, 0.2) is 133 Å². The molecule has 0 radical (unpaired) electrons. The highest BCUT2D eigenvalue weighted by molar-refractivity contribution is 5.87. The molecule has 0 aromatic heterocycles. The van der Waals surface area contributed by atoms with Gasteiger partial charge >= 0.3 is 0 Å². The van der Waals surface area contributed by atoms with Gasteiger partial charge in [0, 0.05) is 34.1 Å². The number of nitrogens with zero attached hydrogens (tertiary/aromatic N) is 2. The van der Waals surface area contributed by atoms with E-state index >= 15 is 0 Å². The van der Waals surface area contributed by atoms with Gasteiger partial charge < -0.3 is 9.80 Å². The first kappa shape index (κ1) is 29.0. The van der Waals surface area contributed by atoms with Crippen LogP contribution in [0.3, 0.4) is 0 Å². The Morgan fingerprint density at radius 1 is 0.295 bits per heavy atom. The van der Waals surface area contributed by atoms with Crippen molar-refractivity contribution in [3.63, 3.8) is 0 Å². The summed E-state index contributed by atoms with van der Waals surface area (Å²) in [6.45, 7) is 13.0. The van der Waals surface area contributed by atoms with E-state index in [1.54, 1.807) is 0 Å². The minimum atomic E-state index is 1.11. The van der Waals surface area contributed by atoms with Gasteiger partial charge in [-0.15, -0.1) is 0 Å². The molecule has 0 atom stereocenters. The average Bonchev–Trinajstić information content (AvgIpc) is 3.03. The zero-order valence-electron chi connectivity index (χ0n) is 26.6. The van der Waals surface area contributed by atoms with E-state index in [1.807, 2.05) is 0 Å². The van der Waals surface area contributed by atoms with Gasteiger partial charge in [0.05, 0.1) is 0 Å². The molecule has 0 heterocycles. The van der Waals surface area contributed by atoms with Crippen molar-refractivity contribution in [3.8, 4) is 11.1 Å². The number of rotatable bonds is 7. The molecule has 0 N–H and O–H groups in total. The Morgan fingerprint density at radius 3 is 1.11 bits per heavy atom. The van der Waals surface area contributed by atoms with E-state index in [4.69, 9.17) is 0 Å². The van der Waals surface area contributed by atoms with E-state index in [0.29, 0.717) is 0 Å². The number of anilines is 6. The Kier molecular flexibility index (Phi) is 8.09. The van der Waals surface area contributed by atoms with E-state index in [0.717, 1.165) is 34.1 Å². The van der Waals surface area contributed by atoms with Crippen molar-refractivity contribution in [2.24, 2.45) is 0 Å². The maximum absolute atomic E-state index is 2.38. The topological polar surface area (TPSA) is 6.48 Å². The summed E-state index contributed by atoms with van der Waals surface area (Å²) in [5.74, 6) is 0. The molecule has 2 heteroatoms. The summed E-state index contributed by atoms with van der Waals surface area (Å²) in [5, 5.41) is 0. The third-order valence-electron chi connectivity index (χ3n) is 8.61. The summed E-state index contributed by atoms with van der Waals surface area (Å²) in [6.07, 6.45) is 0. The Balaban J connectivity index is 1.64. The molecule has 0 unspecified atom stereocenters. The van der Waals surface area contributed by atoms with Crippen LogP contribution in [0.1, 0.15) is 33.4 Å². The molecule has 0 bridgehead atoms. The van der Waals surface area contributed by atoms with Crippen molar-refractivity contribution in [2.75, 3.05) is 9.80 Å². The zero-order chi connectivity index (χ0) is 30.8. The molecule has 0 spiro atoms. The van der Waals surface area contributed by atoms with Crippen LogP contribution in [0, 0.1) is 41.5 Å². The molecular formula is C42H40N2. The molecule has 44 heavy (non-hydrogen) atoms. The standard InChI is InChI=1S/C42H40N2/c1-29-12-18-37(19-13-29)43(39-22-16-31(3)33(5)24-39)41-26-36(35-10-8-7-9-11-35)27-42(28-41)44(38-20-14-30(2)15-21-38)40-23-17-32(4)34(6)25-40/h7-28H,1-6H3. The fourth-order valence-corrected chi connectivity index (χ4v) is 5.66. The fraction of sp³-hybridized carbons (Fsp3) is 0.143. The Bertz CT molecular complexity index is 1780. The lowest BCUT2D eigenvalue weighted by atomic mass is 10.0. The average molecular weight is 573 g/mol. The highest BCUT2D eigenvalue weighted by Gasteiger charge is 2.20. The fourth-order valence-electron chi connectivity index (χ4n) is 5.66. The summed E-state index contributed by atoms with van der Waals surface area (Å²) in [6, 6.07) is 48.8. The molecule has 0 aliphatic heterocycles. The lowest BCUT2D eigenvalue weighted by Crippen LogP contribution is -2.14. The van der Waals surface area contributed by atoms with Gasteiger partial charge in [-0.2, -0.15) is 0 Å². The van der Waals surface area contributed by atoms with Crippen LogP contribution in [0.25, 0.3) is 11.1 Å². The van der Waals surface area contributed by atoms with Crippen LogP contribution in [0.2, 0.25) is 0 Å². The van der Waals surface area contributed by atoms with Crippen molar-refractivity contribution >= 4 is 34.1 Å². The molecule has 2 nitrogen and oxygen atoms in total. The van der Waals surface area contributed by atoms with E-state index in [9.17, 15) is 0 Å². The first-order valence-corrected chi connectivity index (χ1v) is 15.4. The van der Waals surface area contributed by atoms with Gasteiger partial charge in [0.2, 0.25) is 0 Å². The lowest BCUT2D eigenvalue weighted by Gasteiger charge is -2.31. The smallest absolute Gasteiger partial charge is 0.0488 e. The molecule has 6 aromatic carbocycles. The predicted molar refractivity (Wildman–Crippen MR) is 190 cm³/mol. The van der Waals surface area contributed by atoms with E-state index in [-0.39, 0.29) is 0 Å². The molecule has 0 aliphatic rings. The Hall–Kier alpha value is -5.08. The second kappa shape index (κ2) is 12.3. The number of hydrogen-bond acceptors (Lipinski definition) is 2. The minimum absolute atomic E-state index is 1.11. The van der Waals surface area contributed by atoms with Crippen molar-refractivity contribution in [1.29, 1.82) is 0 Å². The van der Waals surface area contributed by atoms with Gasteiger partial charge in [-0.05, 0) is 142 Å². The lowest BCUT2D eigenvalue weighted by molar-refractivity contribution is 1.22.